The van der Waals surface area contributed by atoms with Crippen molar-refractivity contribution >= 4 is 17.5 Å². The van der Waals surface area contributed by atoms with E-state index >= 15 is 0 Å². The lowest BCUT2D eigenvalue weighted by Crippen LogP contribution is -2.43. The zero-order valence-corrected chi connectivity index (χ0v) is 14.5. The van der Waals surface area contributed by atoms with Gasteiger partial charge in [-0.2, -0.15) is 0 Å². The van der Waals surface area contributed by atoms with Crippen LogP contribution in [0.25, 0.3) is 0 Å². The van der Waals surface area contributed by atoms with Crippen molar-refractivity contribution in [2.24, 2.45) is 5.92 Å². The lowest BCUT2D eigenvalue weighted by Gasteiger charge is -2.34. The average Bonchev–Trinajstić information content (AvgIpc) is 2.67. The molecule has 5 nitrogen and oxygen atoms in total. The fraction of sp³-hybridized carbons (Fsp3) is 0.350. The van der Waals surface area contributed by atoms with E-state index in [1.54, 1.807) is 19.3 Å². The van der Waals surface area contributed by atoms with Crippen molar-refractivity contribution < 1.29 is 9.59 Å². The van der Waals surface area contributed by atoms with Gasteiger partial charge in [-0.15, -0.1) is 0 Å². The molecule has 0 atom stereocenters. The molecule has 0 aliphatic carbocycles. The van der Waals surface area contributed by atoms with E-state index in [0.717, 1.165) is 24.1 Å². The number of carbonyl (C=O) groups excluding carboxylic acids is 2. The van der Waals surface area contributed by atoms with E-state index in [1.165, 1.54) is 0 Å². The first-order valence-corrected chi connectivity index (χ1v) is 8.66. The van der Waals surface area contributed by atoms with Gasteiger partial charge in [-0.05, 0) is 36.6 Å². The molecule has 0 saturated carbocycles. The molecule has 1 aliphatic heterocycles. The van der Waals surface area contributed by atoms with Gasteiger partial charge in [-0.1, -0.05) is 24.3 Å². The van der Waals surface area contributed by atoms with Crippen LogP contribution in [-0.2, 0) is 16.1 Å². The van der Waals surface area contributed by atoms with Crippen LogP contribution < -0.4 is 4.90 Å². The van der Waals surface area contributed by atoms with Crippen molar-refractivity contribution in [3.8, 4) is 0 Å². The average molecular weight is 337 g/mol. The Labute approximate surface area is 148 Å². The minimum absolute atomic E-state index is 0.0486. The molecule has 5 heteroatoms. The normalized spacial score (nSPS) is 15.0. The molecule has 1 aliphatic rings. The molecule has 0 spiro atoms. The SMILES string of the molecule is CC(=O)N1CCC(C(=O)N(Cc2cccnc2)c2ccccc2)CC1. The zero-order valence-electron chi connectivity index (χ0n) is 14.5. The van der Waals surface area contributed by atoms with Crippen molar-refractivity contribution in [3.05, 3.63) is 60.4 Å². The lowest BCUT2D eigenvalue weighted by molar-refractivity contribution is -0.133. The molecule has 0 N–H and O–H groups in total. The maximum atomic E-state index is 13.2. The predicted molar refractivity (Wildman–Crippen MR) is 96.8 cm³/mol. The summed E-state index contributed by atoms with van der Waals surface area (Å²) >= 11 is 0. The van der Waals surface area contributed by atoms with Crippen molar-refractivity contribution in [1.29, 1.82) is 0 Å². The topological polar surface area (TPSA) is 53.5 Å². The number of benzene rings is 1. The minimum atomic E-state index is -0.0486. The molecule has 2 heterocycles. The Morgan fingerprint density at radius 1 is 1.12 bits per heavy atom. The Morgan fingerprint density at radius 2 is 1.84 bits per heavy atom. The van der Waals surface area contributed by atoms with Gasteiger partial charge >= 0.3 is 0 Å². The monoisotopic (exact) mass is 337 g/mol. The van der Waals surface area contributed by atoms with Crippen molar-refractivity contribution in [2.45, 2.75) is 26.3 Å². The smallest absolute Gasteiger partial charge is 0.230 e. The number of nitrogens with zero attached hydrogens (tertiary/aromatic N) is 3. The highest BCUT2D eigenvalue weighted by Gasteiger charge is 2.30. The number of pyridine rings is 1. The first-order chi connectivity index (χ1) is 12.1. The van der Waals surface area contributed by atoms with E-state index < -0.39 is 0 Å². The van der Waals surface area contributed by atoms with Crippen LogP contribution in [0.15, 0.2) is 54.9 Å². The van der Waals surface area contributed by atoms with Crippen molar-refractivity contribution in [2.75, 3.05) is 18.0 Å². The number of hydrogen-bond acceptors (Lipinski definition) is 3. The van der Waals surface area contributed by atoms with Crippen molar-refractivity contribution in [3.63, 3.8) is 0 Å². The summed E-state index contributed by atoms with van der Waals surface area (Å²) in [5.41, 5.74) is 1.89. The largest absolute Gasteiger partial charge is 0.343 e. The third kappa shape index (κ3) is 4.24. The summed E-state index contributed by atoms with van der Waals surface area (Å²) in [6, 6.07) is 13.6. The van der Waals surface area contributed by atoms with Crippen LogP contribution in [0, 0.1) is 5.92 Å². The molecule has 2 aromatic rings. The number of aromatic nitrogens is 1. The molecule has 0 bridgehead atoms. The number of amides is 2. The molecular formula is C20H23N3O2. The summed E-state index contributed by atoms with van der Waals surface area (Å²) in [5, 5.41) is 0. The van der Waals surface area contributed by atoms with Gasteiger partial charge in [-0.25, -0.2) is 0 Å². The Balaban J connectivity index is 1.77. The van der Waals surface area contributed by atoms with Gasteiger partial charge in [0.15, 0.2) is 0 Å². The number of rotatable bonds is 4. The van der Waals surface area contributed by atoms with E-state index in [1.807, 2.05) is 52.3 Å². The molecule has 2 amide bonds. The second-order valence-electron chi connectivity index (χ2n) is 6.40. The van der Waals surface area contributed by atoms with Crippen LogP contribution in [0.2, 0.25) is 0 Å². The number of para-hydroxylation sites is 1. The third-order valence-corrected chi connectivity index (χ3v) is 4.69. The maximum Gasteiger partial charge on any atom is 0.230 e. The molecule has 1 fully saturated rings. The summed E-state index contributed by atoms with van der Waals surface area (Å²) in [4.78, 5) is 32.5. The van der Waals surface area contributed by atoms with Gasteiger partial charge in [0.25, 0.3) is 0 Å². The second kappa shape index (κ2) is 7.92. The first kappa shape index (κ1) is 17.1. The molecule has 1 aromatic heterocycles. The molecule has 0 radical (unpaired) electrons. The highest BCUT2D eigenvalue weighted by Crippen LogP contribution is 2.25. The molecule has 130 valence electrons. The summed E-state index contributed by atoms with van der Waals surface area (Å²) in [6.45, 7) is 3.40. The second-order valence-corrected chi connectivity index (χ2v) is 6.40. The number of anilines is 1. The number of hydrogen-bond donors (Lipinski definition) is 0. The van der Waals surface area contributed by atoms with E-state index in [-0.39, 0.29) is 17.7 Å². The fourth-order valence-corrected chi connectivity index (χ4v) is 3.24. The highest BCUT2D eigenvalue weighted by molar-refractivity contribution is 5.95. The van der Waals surface area contributed by atoms with Gasteiger partial charge in [0, 0.05) is 44.0 Å². The van der Waals surface area contributed by atoms with Crippen LogP contribution in [-0.4, -0.2) is 34.8 Å². The van der Waals surface area contributed by atoms with E-state index in [4.69, 9.17) is 0 Å². The molecule has 0 unspecified atom stereocenters. The van der Waals surface area contributed by atoms with Gasteiger partial charge in [0.2, 0.25) is 11.8 Å². The first-order valence-electron chi connectivity index (χ1n) is 8.66. The molecular weight excluding hydrogens is 314 g/mol. The number of likely N-dealkylation sites (tertiary alicyclic amines) is 1. The number of piperidine rings is 1. The molecule has 25 heavy (non-hydrogen) atoms. The molecule has 1 saturated heterocycles. The highest BCUT2D eigenvalue weighted by atomic mass is 16.2. The van der Waals surface area contributed by atoms with Crippen LogP contribution in [0.1, 0.15) is 25.3 Å². The van der Waals surface area contributed by atoms with Crippen LogP contribution >= 0.6 is 0 Å². The lowest BCUT2D eigenvalue weighted by atomic mass is 9.94. The van der Waals surface area contributed by atoms with Crippen LogP contribution in [0.3, 0.4) is 0 Å². The predicted octanol–water partition coefficient (Wildman–Crippen LogP) is 2.87. The Kier molecular flexibility index (Phi) is 5.43. The van der Waals surface area contributed by atoms with Gasteiger partial charge < -0.3 is 9.80 Å². The summed E-state index contributed by atoms with van der Waals surface area (Å²) in [7, 11) is 0. The van der Waals surface area contributed by atoms with Crippen LogP contribution in [0.4, 0.5) is 5.69 Å². The summed E-state index contributed by atoms with van der Waals surface area (Å²) in [6.07, 6.45) is 4.96. The van der Waals surface area contributed by atoms with E-state index in [0.29, 0.717) is 19.6 Å². The van der Waals surface area contributed by atoms with Gasteiger partial charge in [0.1, 0.15) is 0 Å². The Hall–Kier alpha value is -2.69. The summed E-state index contributed by atoms with van der Waals surface area (Å²) < 4.78 is 0. The van der Waals surface area contributed by atoms with E-state index in [9.17, 15) is 9.59 Å². The fourth-order valence-electron chi connectivity index (χ4n) is 3.24. The number of carbonyl (C=O) groups is 2. The van der Waals surface area contributed by atoms with Crippen molar-refractivity contribution in [1.82, 2.24) is 9.88 Å². The van der Waals surface area contributed by atoms with Gasteiger partial charge in [0.05, 0.1) is 6.54 Å². The zero-order chi connectivity index (χ0) is 17.6. The van der Waals surface area contributed by atoms with Crippen LogP contribution in [0.5, 0.6) is 0 Å². The summed E-state index contributed by atoms with van der Waals surface area (Å²) in [5.74, 6) is 0.159. The maximum absolute atomic E-state index is 13.2. The molecule has 1 aromatic carbocycles. The van der Waals surface area contributed by atoms with Gasteiger partial charge in [-0.3, -0.25) is 14.6 Å². The molecule has 3 rings (SSSR count). The Morgan fingerprint density at radius 3 is 2.44 bits per heavy atom. The van der Waals surface area contributed by atoms with E-state index in [2.05, 4.69) is 4.98 Å². The standard InChI is InChI=1S/C20H23N3O2/c1-16(24)22-12-9-18(10-13-22)20(25)23(19-7-3-2-4-8-19)15-17-6-5-11-21-14-17/h2-8,11,14,18H,9-10,12-13,15H2,1H3. The minimum Gasteiger partial charge on any atom is -0.343 e. The Bertz CT molecular complexity index is 710. The third-order valence-electron chi connectivity index (χ3n) is 4.69. The quantitative estimate of drug-likeness (QED) is 0.862.